The lowest BCUT2D eigenvalue weighted by molar-refractivity contribution is 0.0934. The zero-order valence-corrected chi connectivity index (χ0v) is 13.3. The Kier molecular flexibility index (Phi) is 6.69. The summed E-state index contributed by atoms with van der Waals surface area (Å²) in [5.74, 6) is 0.00458. The van der Waals surface area contributed by atoms with Crippen LogP contribution in [0.1, 0.15) is 61.0 Å². The van der Waals surface area contributed by atoms with Crippen molar-refractivity contribution in [2.24, 2.45) is 0 Å². The topological polar surface area (TPSA) is 29.1 Å². The summed E-state index contributed by atoms with van der Waals surface area (Å²) in [6.45, 7) is 2.21. The normalized spacial score (nSPS) is 11.9. The molecule has 1 N–H and O–H groups in total. The average Bonchev–Trinajstić information content (AvgIpc) is 2.59. The molecular weight excluding hydrogens is 270 g/mol. The van der Waals surface area contributed by atoms with Crippen LogP contribution < -0.4 is 5.32 Å². The number of rotatable bonds is 8. The van der Waals surface area contributed by atoms with Crippen molar-refractivity contribution in [1.82, 2.24) is 5.32 Å². The summed E-state index contributed by atoms with van der Waals surface area (Å²) >= 11 is 0. The number of unbranched alkanes of at least 4 members (excludes halogenated alkanes) is 3. The molecule has 0 unspecified atom stereocenters. The third-order valence-corrected chi connectivity index (χ3v) is 3.89. The van der Waals surface area contributed by atoms with E-state index in [1.807, 2.05) is 48.5 Å². The molecule has 0 heterocycles. The largest absolute Gasteiger partial charge is 0.345 e. The van der Waals surface area contributed by atoms with E-state index in [-0.39, 0.29) is 11.9 Å². The number of carbonyl (C=O) groups excluding carboxylic acids is 1. The van der Waals surface area contributed by atoms with Gasteiger partial charge in [0, 0.05) is 5.56 Å². The molecule has 2 heteroatoms. The van der Waals surface area contributed by atoms with Gasteiger partial charge in [-0.25, -0.2) is 0 Å². The van der Waals surface area contributed by atoms with Crippen molar-refractivity contribution in [2.75, 3.05) is 0 Å². The van der Waals surface area contributed by atoms with Crippen LogP contribution in [0.15, 0.2) is 60.7 Å². The summed E-state index contributed by atoms with van der Waals surface area (Å²) in [5, 5.41) is 3.19. The minimum atomic E-state index is 0.00458. The number of benzene rings is 2. The lowest BCUT2D eigenvalue weighted by atomic mass is 9.99. The SMILES string of the molecule is CCCCCC[C@H](NC(=O)c1ccccc1)c1ccccc1. The van der Waals surface area contributed by atoms with E-state index in [0.29, 0.717) is 0 Å². The molecule has 0 aromatic heterocycles. The molecule has 0 aliphatic heterocycles. The molecule has 2 aromatic rings. The first kappa shape index (κ1) is 16.3. The third kappa shape index (κ3) is 5.03. The van der Waals surface area contributed by atoms with Gasteiger partial charge in [0.15, 0.2) is 0 Å². The minimum Gasteiger partial charge on any atom is -0.345 e. The van der Waals surface area contributed by atoms with E-state index in [1.165, 1.54) is 24.8 Å². The smallest absolute Gasteiger partial charge is 0.251 e. The lowest BCUT2D eigenvalue weighted by Gasteiger charge is -2.19. The van der Waals surface area contributed by atoms with Crippen molar-refractivity contribution < 1.29 is 4.79 Å². The predicted octanol–water partition coefficient (Wildman–Crippen LogP) is 5.13. The fourth-order valence-corrected chi connectivity index (χ4v) is 2.61. The van der Waals surface area contributed by atoms with Crippen LogP contribution in [0.4, 0.5) is 0 Å². The molecule has 2 aromatic carbocycles. The molecule has 2 nitrogen and oxygen atoms in total. The number of hydrogen-bond donors (Lipinski definition) is 1. The zero-order valence-electron chi connectivity index (χ0n) is 13.3. The third-order valence-electron chi connectivity index (χ3n) is 3.89. The van der Waals surface area contributed by atoms with Gasteiger partial charge in [-0.3, -0.25) is 4.79 Å². The number of amides is 1. The number of hydrogen-bond acceptors (Lipinski definition) is 1. The Bertz CT molecular complexity index is 550. The Morgan fingerprint density at radius 2 is 1.55 bits per heavy atom. The van der Waals surface area contributed by atoms with E-state index in [1.54, 1.807) is 0 Å². The Morgan fingerprint density at radius 3 is 2.18 bits per heavy atom. The predicted molar refractivity (Wildman–Crippen MR) is 91.9 cm³/mol. The molecule has 0 aliphatic carbocycles. The minimum absolute atomic E-state index is 0.00458. The Labute approximate surface area is 133 Å². The standard InChI is InChI=1S/C20H25NO/c1-2-3-4-11-16-19(17-12-7-5-8-13-17)21-20(22)18-14-9-6-10-15-18/h5-10,12-15,19H,2-4,11,16H2,1H3,(H,21,22)/t19-/m0/s1. The van der Waals surface area contributed by atoms with Crippen LogP contribution in [-0.2, 0) is 0 Å². The average molecular weight is 295 g/mol. The van der Waals surface area contributed by atoms with Gasteiger partial charge in [0.25, 0.3) is 5.91 Å². The summed E-state index contributed by atoms with van der Waals surface area (Å²) in [6.07, 6.45) is 5.84. The van der Waals surface area contributed by atoms with Crippen LogP contribution >= 0.6 is 0 Å². The lowest BCUT2D eigenvalue weighted by Crippen LogP contribution is -2.28. The highest BCUT2D eigenvalue weighted by molar-refractivity contribution is 5.94. The van der Waals surface area contributed by atoms with Gasteiger partial charge in [-0.2, -0.15) is 0 Å². The molecule has 0 radical (unpaired) electrons. The molecule has 116 valence electrons. The van der Waals surface area contributed by atoms with Crippen molar-refractivity contribution in [1.29, 1.82) is 0 Å². The summed E-state index contributed by atoms with van der Waals surface area (Å²) in [4.78, 5) is 12.4. The Balaban J connectivity index is 2.02. The van der Waals surface area contributed by atoms with Gasteiger partial charge in [-0.15, -0.1) is 0 Å². The highest BCUT2D eigenvalue weighted by Gasteiger charge is 2.15. The first-order valence-corrected chi connectivity index (χ1v) is 8.22. The first-order chi connectivity index (χ1) is 10.8. The fourth-order valence-electron chi connectivity index (χ4n) is 2.61. The van der Waals surface area contributed by atoms with E-state index < -0.39 is 0 Å². The molecule has 0 spiro atoms. The van der Waals surface area contributed by atoms with Gasteiger partial charge in [0.2, 0.25) is 0 Å². The molecule has 0 fully saturated rings. The van der Waals surface area contributed by atoms with Crippen LogP contribution in [0.25, 0.3) is 0 Å². The number of carbonyl (C=O) groups is 1. The molecule has 22 heavy (non-hydrogen) atoms. The molecule has 0 saturated heterocycles. The molecule has 0 bridgehead atoms. The Hall–Kier alpha value is -2.09. The molecule has 0 saturated carbocycles. The molecule has 1 amide bonds. The van der Waals surface area contributed by atoms with Crippen LogP contribution in [0.2, 0.25) is 0 Å². The maximum absolute atomic E-state index is 12.4. The van der Waals surface area contributed by atoms with Crippen LogP contribution in [0, 0.1) is 0 Å². The molecule has 2 rings (SSSR count). The quantitative estimate of drug-likeness (QED) is 0.672. The maximum atomic E-state index is 12.4. The van der Waals surface area contributed by atoms with Gasteiger partial charge in [0.1, 0.15) is 0 Å². The first-order valence-electron chi connectivity index (χ1n) is 8.22. The summed E-state index contributed by atoms with van der Waals surface area (Å²) in [5.41, 5.74) is 1.90. The van der Waals surface area contributed by atoms with Gasteiger partial charge in [-0.1, -0.05) is 81.1 Å². The highest BCUT2D eigenvalue weighted by atomic mass is 16.1. The van der Waals surface area contributed by atoms with E-state index in [2.05, 4.69) is 24.4 Å². The van der Waals surface area contributed by atoms with Crippen molar-refractivity contribution in [3.8, 4) is 0 Å². The van der Waals surface area contributed by atoms with Crippen molar-refractivity contribution in [3.05, 3.63) is 71.8 Å². The van der Waals surface area contributed by atoms with Gasteiger partial charge >= 0.3 is 0 Å². The second kappa shape index (κ2) is 9.04. The molecular formula is C20H25NO. The van der Waals surface area contributed by atoms with E-state index in [0.717, 1.165) is 18.4 Å². The Morgan fingerprint density at radius 1 is 0.909 bits per heavy atom. The van der Waals surface area contributed by atoms with Crippen molar-refractivity contribution >= 4 is 5.91 Å². The molecule has 1 atom stereocenters. The van der Waals surface area contributed by atoms with Gasteiger partial charge < -0.3 is 5.32 Å². The summed E-state index contributed by atoms with van der Waals surface area (Å²) in [7, 11) is 0. The fraction of sp³-hybridized carbons (Fsp3) is 0.350. The van der Waals surface area contributed by atoms with Gasteiger partial charge in [-0.05, 0) is 24.1 Å². The zero-order chi connectivity index (χ0) is 15.6. The summed E-state index contributed by atoms with van der Waals surface area (Å²) < 4.78 is 0. The van der Waals surface area contributed by atoms with E-state index in [4.69, 9.17) is 0 Å². The van der Waals surface area contributed by atoms with E-state index in [9.17, 15) is 4.79 Å². The number of nitrogens with one attached hydrogen (secondary N) is 1. The molecule has 0 aliphatic rings. The summed E-state index contributed by atoms with van der Waals surface area (Å²) in [6, 6.07) is 19.8. The highest BCUT2D eigenvalue weighted by Crippen LogP contribution is 2.20. The van der Waals surface area contributed by atoms with Crippen LogP contribution in [0.3, 0.4) is 0 Å². The monoisotopic (exact) mass is 295 g/mol. The van der Waals surface area contributed by atoms with E-state index >= 15 is 0 Å². The maximum Gasteiger partial charge on any atom is 0.251 e. The van der Waals surface area contributed by atoms with Crippen LogP contribution in [-0.4, -0.2) is 5.91 Å². The van der Waals surface area contributed by atoms with Gasteiger partial charge in [0.05, 0.1) is 6.04 Å². The second-order valence-corrected chi connectivity index (χ2v) is 5.65. The van der Waals surface area contributed by atoms with Crippen LogP contribution in [0.5, 0.6) is 0 Å². The van der Waals surface area contributed by atoms with Crippen molar-refractivity contribution in [2.45, 2.75) is 45.1 Å². The second-order valence-electron chi connectivity index (χ2n) is 5.65. The van der Waals surface area contributed by atoms with Crippen molar-refractivity contribution in [3.63, 3.8) is 0 Å².